The van der Waals surface area contributed by atoms with Gasteiger partial charge in [-0.2, -0.15) is 0 Å². The number of hydrogen-bond acceptors (Lipinski definition) is 2. The van der Waals surface area contributed by atoms with Crippen LogP contribution in [-0.2, 0) is 4.79 Å². The van der Waals surface area contributed by atoms with Crippen LogP contribution in [-0.4, -0.2) is 18.0 Å². The molecule has 4 heteroatoms. The fourth-order valence-corrected chi connectivity index (χ4v) is 2.07. The van der Waals surface area contributed by atoms with E-state index in [4.69, 9.17) is 5.73 Å². The summed E-state index contributed by atoms with van der Waals surface area (Å²) in [5, 5.41) is 3.01. The van der Waals surface area contributed by atoms with Crippen molar-refractivity contribution in [2.75, 3.05) is 0 Å². The van der Waals surface area contributed by atoms with Crippen molar-refractivity contribution in [1.82, 2.24) is 5.32 Å². The first-order valence-corrected chi connectivity index (χ1v) is 5.30. The quantitative estimate of drug-likeness (QED) is 0.748. The number of carbonyl (C=O) groups excluding carboxylic acids is 1. The highest BCUT2D eigenvalue weighted by atomic mass is 35.5. The molecule has 2 atom stereocenters. The van der Waals surface area contributed by atoms with Gasteiger partial charge in [-0.05, 0) is 31.6 Å². The lowest BCUT2D eigenvalue weighted by atomic mass is 10.00. The molecule has 82 valence electrons. The molecule has 0 spiro atoms. The first kappa shape index (κ1) is 11.8. The Morgan fingerprint density at radius 1 is 1.29 bits per heavy atom. The van der Waals surface area contributed by atoms with Gasteiger partial charge >= 0.3 is 0 Å². The summed E-state index contributed by atoms with van der Waals surface area (Å²) in [4.78, 5) is 11.4. The third-order valence-corrected chi connectivity index (χ3v) is 3.11. The summed E-state index contributed by atoms with van der Waals surface area (Å²) < 4.78 is 0. The Hall–Kier alpha value is -0.280. The summed E-state index contributed by atoms with van der Waals surface area (Å²) in [6.07, 6.45) is 6.42. The van der Waals surface area contributed by atoms with E-state index in [1.165, 1.54) is 19.3 Å². The third kappa shape index (κ3) is 3.14. The number of halogens is 1. The number of nitrogens with one attached hydrogen (secondary N) is 1. The van der Waals surface area contributed by atoms with Crippen LogP contribution in [0, 0.1) is 5.92 Å². The minimum Gasteiger partial charge on any atom is -0.353 e. The molecule has 14 heavy (non-hydrogen) atoms. The number of carbonyl (C=O) groups is 1. The molecule has 0 aromatic rings. The van der Waals surface area contributed by atoms with E-state index in [0.717, 1.165) is 12.8 Å². The second-order valence-electron chi connectivity index (χ2n) is 4.40. The van der Waals surface area contributed by atoms with Crippen LogP contribution in [0.3, 0.4) is 0 Å². The Morgan fingerprint density at radius 3 is 2.50 bits per heavy atom. The van der Waals surface area contributed by atoms with E-state index in [1.807, 2.05) is 0 Å². The van der Waals surface area contributed by atoms with E-state index < -0.39 is 0 Å². The van der Waals surface area contributed by atoms with Gasteiger partial charge in [0.25, 0.3) is 0 Å². The molecular formula is C10H19ClN2O. The maximum Gasteiger partial charge on any atom is 0.220 e. The highest BCUT2D eigenvalue weighted by molar-refractivity contribution is 5.85. The Bertz CT molecular complexity index is 206. The molecule has 3 N–H and O–H groups in total. The minimum absolute atomic E-state index is 0. The molecule has 2 aliphatic carbocycles. The molecule has 0 aromatic carbocycles. The van der Waals surface area contributed by atoms with Gasteiger partial charge in [0, 0.05) is 18.5 Å². The summed E-state index contributed by atoms with van der Waals surface area (Å²) in [7, 11) is 0. The summed E-state index contributed by atoms with van der Waals surface area (Å²) in [6.45, 7) is 0. The molecule has 3 nitrogen and oxygen atoms in total. The second-order valence-corrected chi connectivity index (χ2v) is 4.40. The molecular weight excluding hydrogens is 200 g/mol. The van der Waals surface area contributed by atoms with Crippen LogP contribution in [0.15, 0.2) is 0 Å². The normalized spacial score (nSPS) is 30.9. The molecule has 2 fully saturated rings. The number of rotatable bonds is 3. The lowest BCUT2D eigenvalue weighted by Crippen LogP contribution is -2.32. The molecule has 2 rings (SSSR count). The van der Waals surface area contributed by atoms with Crippen LogP contribution in [0.2, 0.25) is 0 Å². The predicted octanol–water partition coefficient (Wildman–Crippen LogP) is 1.20. The van der Waals surface area contributed by atoms with Gasteiger partial charge in [0.2, 0.25) is 5.91 Å². The number of nitrogens with two attached hydrogens (primary N) is 1. The van der Waals surface area contributed by atoms with Gasteiger partial charge < -0.3 is 11.1 Å². The minimum atomic E-state index is 0. The largest absolute Gasteiger partial charge is 0.353 e. The average molecular weight is 219 g/mol. The van der Waals surface area contributed by atoms with Crippen LogP contribution < -0.4 is 11.1 Å². The van der Waals surface area contributed by atoms with Crippen LogP contribution in [0.1, 0.15) is 38.5 Å². The van der Waals surface area contributed by atoms with Crippen molar-refractivity contribution in [3.05, 3.63) is 0 Å². The molecule has 0 radical (unpaired) electrons. The van der Waals surface area contributed by atoms with E-state index in [2.05, 4.69) is 5.32 Å². The summed E-state index contributed by atoms with van der Waals surface area (Å²) in [5.74, 6) is 0.656. The Kier molecular flexibility index (Phi) is 4.20. The zero-order valence-corrected chi connectivity index (χ0v) is 9.19. The summed E-state index contributed by atoms with van der Waals surface area (Å²) in [6, 6.07) is 0.759. The molecule has 0 aliphatic heterocycles. The van der Waals surface area contributed by atoms with Crippen molar-refractivity contribution >= 4 is 18.3 Å². The molecule has 2 saturated carbocycles. The van der Waals surface area contributed by atoms with Crippen LogP contribution in [0.5, 0.6) is 0 Å². The van der Waals surface area contributed by atoms with E-state index in [9.17, 15) is 4.79 Å². The number of hydrogen-bond donors (Lipinski definition) is 2. The predicted molar refractivity (Wildman–Crippen MR) is 58.3 cm³/mol. The third-order valence-electron chi connectivity index (χ3n) is 3.11. The monoisotopic (exact) mass is 218 g/mol. The first-order valence-electron chi connectivity index (χ1n) is 5.30. The highest BCUT2D eigenvalue weighted by Crippen LogP contribution is 2.27. The van der Waals surface area contributed by atoms with Gasteiger partial charge in [-0.3, -0.25) is 4.79 Å². The van der Waals surface area contributed by atoms with Crippen LogP contribution in [0.4, 0.5) is 0 Å². The molecule has 0 saturated heterocycles. The molecule has 2 aliphatic rings. The highest BCUT2D eigenvalue weighted by Gasteiger charge is 2.28. The maximum absolute atomic E-state index is 11.4. The van der Waals surface area contributed by atoms with Crippen molar-refractivity contribution in [3.8, 4) is 0 Å². The molecule has 0 bridgehead atoms. The van der Waals surface area contributed by atoms with Crippen molar-refractivity contribution in [1.29, 1.82) is 0 Å². The van der Waals surface area contributed by atoms with Crippen molar-refractivity contribution < 1.29 is 4.79 Å². The first-order chi connectivity index (χ1) is 6.25. The average Bonchev–Trinajstić information content (AvgIpc) is 2.79. The molecule has 0 aromatic heterocycles. The molecule has 1 amide bonds. The summed E-state index contributed by atoms with van der Waals surface area (Å²) >= 11 is 0. The zero-order chi connectivity index (χ0) is 9.26. The van der Waals surface area contributed by atoms with E-state index >= 15 is 0 Å². The zero-order valence-electron chi connectivity index (χ0n) is 8.37. The van der Waals surface area contributed by atoms with E-state index in [-0.39, 0.29) is 24.4 Å². The van der Waals surface area contributed by atoms with Gasteiger partial charge in [0.1, 0.15) is 0 Å². The van der Waals surface area contributed by atoms with Crippen molar-refractivity contribution in [3.63, 3.8) is 0 Å². The Labute approximate surface area is 91.2 Å². The van der Waals surface area contributed by atoms with Gasteiger partial charge in [-0.25, -0.2) is 0 Å². The topological polar surface area (TPSA) is 55.1 Å². The van der Waals surface area contributed by atoms with Gasteiger partial charge in [-0.1, -0.05) is 6.42 Å². The lowest BCUT2D eigenvalue weighted by molar-refractivity contribution is -0.122. The van der Waals surface area contributed by atoms with E-state index in [1.54, 1.807) is 0 Å². The SMILES string of the molecule is Cl.N[C@@H]1CCC[C@H]1CC(=O)NC1CC1. The Balaban J connectivity index is 0.000000980. The van der Waals surface area contributed by atoms with Crippen molar-refractivity contribution in [2.24, 2.45) is 11.7 Å². The fourth-order valence-electron chi connectivity index (χ4n) is 2.07. The number of amides is 1. The Morgan fingerprint density at radius 2 is 2.00 bits per heavy atom. The van der Waals surface area contributed by atoms with Gasteiger partial charge in [0.15, 0.2) is 0 Å². The van der Waals surface area contributed by atoms with Gasteiger partial charge in [0.05, 0.1) is 0 Å². The van der Waals surface area contributed by atoms with E-state index in [0.29, 0.717) is 18.4 Å². The maximum atomic E-state index is 11.4. The summed E-state index contributed by atoms with van der Waals surface area (Å²) in [5.41, 5.74) is 5.89. The second kappa shape index (κ2) is 4.99. The fraction of sp³-hybridized carbons (Fsp3) is 0.900. The van der Waals surface area contributed by atoms with Crippen LogP contribution in [0.25, 0.3) is 0 Å². The molecule has 0 heterocycles. The standard InChI is InChI=1S/C10H18N2O.ClH/c11-9-3-1-2-7(9)6-10(13)12-8-4-5-8;/h7-9H,1-6,11H2,(H,12,13);1H/t7-,9+;/m0./s1. The van der Waals surface area contributed by atoms with Crippen molar-refractivity contribution in [2.45, 2.75) is 50.6 Å². The molecule has 0 unspecified atom stereocenters. The van der Waals surface area contributed by atoms with Crippen LogP contribution >= 0.6 is 12.4 Å². The smallest absolute Gasteiger partial charge is 0.220 e. The lowest BCUT2D eigenvalue weighted by Gasteiger charge is -2.14. The van der Waals surface area contributed by atoms with Gasteiger partial charge in [-0.15, -0.1) is 12.4 Å².